The lowest BCUT2D eigenvalue weighted by Gasteiger charge is -2.15. The number of aromatic amines is 1. The maximum Gasteiger partial charge on any atom is 0.252 e. The van der Waals surface area contributed by atoms with Crippen LogP contribution in [0.4, 0.5) is 0 Å². The van der Waals surface area contributed by atoms with Crippen molar-refractivity contribution in [3.63, 3.8) is 0 Å². The number of aryl methyl sites for hydroxylation is 1. The van der Waals surface area contributed by atoms with E-state index in [-0.39, 0.29) is 16.8 Å². The zero-order valence-electron chi connectivity index (χ0n) is 18.0. The molecule has 0 spiro atoms. The highest BCUT2D eigenvalue weighted by Gasteiger charge is 2.29. The van der Waals surface area contributed by atoms with E-state index < -0.39 is 0 Å². The molecule has 1 aromatic carbocycles. The molecule has 0 unspecified atom stereocenters. The first kappa shape index (κ1) is 22.0. The quantitative estimate of drug-likeness (QED) is 0.341. The van der Waals surface area contributed by atoms with Crippen LogP contribution in [0.15, 0.2) is 65.7 Å². The number of imidazole rings is 1. The molecule has 1 N–H and O–H groups in total. The smallest absolute Gasteiger partial charge is 0.252 e. The normalized spacial score (nSPS) is 14.9. The highest BCUT2D eigenvalue weighted by atomic mass is 35.5. The summed E-state index contributed by atoms with van der Waals surface area (Å²) in [5.74, 6) is 0.630. The topological polar surface area (TPSA) is 94.3 Å². The second-order valence-corrected chi connectivity index (χ2v) is 9.35. The van der Waals surface area contributed by atoms with Crippen LogP contribution in [0.5, 0.6) is 0 Å². The fourth-order valence-electron chi connectivity index (χ4n) is 4.51. The zero-order chi connectivity index (χ0) is 24.1. The molecule has 1 aliphatic heterocycles. The van der Waals surface area contributed by atoms with Crippen molar-refractivity contribution in [1.29, 1.82) is 0 Å². The first-order valence-electron chi connectivity index (χ1n) is 10.8. The summed E-state index contributed by atoms with van der Waals surface area (Å²) in [6.07, 6.45) is 4.71. The molecule has 0 radical (unpaired) electrons. The number of nitrogens with zero attached hydrogens (tertiary/aromatic N) is 6. The molecule has 5 aromatic rings. The highest BCUT2D eigenvalue weighted by molar-refractivity contribution is 6.32. The van der Waals surface area contributed by atoms with E-state index in [0.717, 1.165) is 16.8 Å². The van der Waals surface area contributed by atoms with Crippen molar-refractivity contribution in [2.75, 3.05) is 0 Å². The molecule has 8 nitrogen and oxygen atoms in total. The molecule has 35 heavy (non-hydrogen) atoms. The van der Waals surface area contributed by atoms with E-state index >= 15 is 0 Å². The molecule has 5 heterocycles. The van der Waals surface area contributed by atoms with Gasteiger partial charge in [0.15, 0.2) is 5.15 Å². The number of aromatic nitrogens is 7. The van der Waals surface area contributed by atoms with E-state index in [2.05, 4.69) is 20.3 Å². The molecule has 0 fully saturated rings. The lowest BCUT2D eigenvalue weighted by molar-refractivity contribution is 0.572. The lowest BCUT2D eigenvalue weighted by Crippen LogP contribution is -2.24. The van der Waals surface area contributed by atoms with E-state index in [0.29, 0.717) is 45.9 Å². The zero-order valence-corrected chi connectivity index (χ0v) is 20.3. The van der Waals surface area contributed by atoms with Crippen LogP contribution in [0.25, 0.3) is 28.2 Å². The highest BCUT2D eigenvalue weighted by Crippen LogP contribution is 2.35. The minimum atomic E-state index is -0.255. The average Bonchev–Trinajstić information content (AvgIpc) is 3.58. The van der Waals surface area contributed by atoms with Gasteiger partial charge in [0.1, 0.15) is 16.7 Å². The standard InChI is InChI=1S/C24H16Cl3N7O/c25-14-4-6-18(33-12-20(26)31-32-33)16(11-14)13-9-15-5-7-19(34(15)21(35)10-13)24-29-22(23(27)30-24)17-3-1-2-8-28-17/h1-4,6,8-12,19H,5,7H2,(H,29,30)/t19-/m0/s1. The Kier molecular flexibility index (Phi) is 5.44. The number of pyridine rings is 2. The Labute approximate surface area is 214 Å². The summed E-state index contributed by atoms with van der Waals surface area (Å²) < 4.78 is 3.32. The Bertz CT molecular complexity index is 1620. The van der Waals surface area contributed by atoms with Crippen molar-refractivity contribution in [1.82, 2.24) is 34.5 Å². The van der Waals surface area contributed by atoms with Crippen LogP contribution < -0.4 is 5.56 Å². The van der Waals surface area contributed by atoms with Gasteiger partial charge in [-0.1, -0.05) is 46.1 Å². The predicted octanol–water partition coefficient (Wildman–Crippen LogP) is 5.38. The Hall–Kier alpha value is -3.46. The van der Waals surface area contributed by atoms with Crippen LogP contribution in [0.3, 0.4) is 0 Å². The van der Waals surface area contributed by atoms with Crippen molar-refractivity contribution in [3.8, 4) is 28.2 Å². The minimum absolute atomic E-state index is 0.144. The van der Waals surface area contributed by atoms with Crippen LogP contribution in [-0.2, 0) is 6.42 Å². The number of hydrogen-bond acceptors (Lipinski definition) is 5. The van der Waals surface area contributed by atoms with Crippen molar-refractivity contribution in [2.24, 2.45) is 0 Å². The van der Waals surface area contributed by atoms with Crippen LogP contribution in [0.2, 0.25) is 15.3 Å². The molecule has 0 amide bonds. The first-order chi connectivity index (χ1) is 17.0. The first-order valence-corrected chi connectivity index (χ1v) is 11.9. The fourth-order valence-corrected chi connectivity index (χ4v) is 5.04. The summed E-state index contributed by atoms with van der Waals surface area (Å²) in [5.41, 5.74) is 4.18. The summed E-state index contributed by atoms with van der Waals surface area (Å²) in [7, 11) is 0. The third-order valence-electron chi connectivity index (χ3n) is 6.02. The number of hydrogen-bond donors (Lipinski definition) is 1. The predicted molar refractivity (Wildman–Crippen MR) is 134 cm³/mol. The van der Waals surface area contributed by atoms with Gasteiger partial charge in [-0.2, -0.15) is 0 Å². The van der Waals surface area contributed by atoms with Gasteiger partial charge in [-0.05, 0) is 54.8 Å². The van der Waals surface area contributed by atoms with Gasteiger partial charge < -0.3 is 9.55 Å². The summed E-state index contributed by atoms with van der Waals surface area (Å²) in [4.78, 5) is 25.5. The molecule has 0 aliphatic carbocycles. The molecule has 11 heteroatoms. The molecule has 1 aliphatic rings. The molecule has 1 atom stereocenters. The van der Waals surface area contributed by atoms with Crippen LogP contribution >= 0.6 is 34.8 Å². The summed E-state index contributed by atoms with van der Waals surface area (Å²) in [5, 5.41) is 9.12. The van der Waals surface area contributed by atoms with Crippen molar-refractivity contribution in [3.05, 3.63) is 98.1 Å². The number of fused-ring (bicyclic) bond motifs is 1. The molecular weight excluding hydrogens is 509 g/mol. The van der Waals surface area contributed by atoms with E-state index in [1.165, 1.54) is 0 Å². The van der Waals surface area contributed by atoms with Crippen molar-refractivity contribution >= 4 is 34.8 Å². The van der Waals surface area contributed by atoms with Crippen molar-refractivity contribution in [2.45, 2.75) is 18.9 Å². The largest absolute Gasteiger partial charge is 0.331 e. The van der Waals surface area contributed by atoms with Gasteiger partial charge in [0, 0.05) is 28.5 Å². The molecule has 4 aromatic heterocycles. The van der Waals surface area contributed by atoms with E-state index in [4.69, 9.17) is 39.8 Å². The molecular formula is C24H16Cl3N7O. The molecule has 174 valence electrons. The Morgan fingerprint density at radius 2 is 1.94 bits per heavy atom. The second kappa shape index (κ2) is 8.64. The monoisotopic (exact) mass is 523 g/mol. The Balaban J connectivity index is 1.42. The molecule has 6 rings (SSSR count). The summed E-state index contributed by atoms with van der Waals surface area (Å²) in [6.45, 7) is 0. The van der Waals surface area contributed by atoms with Gasteiger partial charge in [0.25, 0.3) is 5.56 Å². The summed E-state index contributed by atoms with van der Waals surface area (Å²) in [6, 6.07) is 14.3. The third-order valence-corrected chi connectivity index (χ3v) is 6.70. The average molecular weight is 525 g/mol. The van der Waals surface area contributed by atoms with Gasteiger partial charge >= 0.3 is 0 Å². The van der Waals surface area contributed by atoms with Gasteiger partial charge in [-0.25, -0.2) is 9.67 Å². The van der Waals surface area contributed by atoms with Crippen LogP contribution in [-0.4, -0.2) is 34.5 Å². The number of nitrogens with one attached hydrogen (secondary N) is 1. The van der Waals surface area contributed by atoms with Gasteiger partial charge in [-0.15, -0.1) is 5.10 Å². The maximum absolute atomic E-state index is 13.4. The van der Waals surface area contributed by atoms with E-state index in [1.807, 2.05) is 30.3 Å². The number of H-pyrrole nitrogens is 1. The fraction of sp³-hybridized carbons (Fsp3) is 0.125. The number of benzene rings is 1. The molecule has 0 saturated heterocycles. The van der Waals surface area contributed by atoms with Gasteiger partial charge in [0.05, 0.1) is 23.6 Å². The molecule has 0 bridgehead atoms. The Morgan fingerprint density at radius 1 is 1.06 bits per heavy atom. The van der Waals surface area contributed by atoms with Crippen LogP contribution in [0.1, 0.15) is 24.0 Å². The minimum Gasteiger partial charge on any atom is -0.331 e. The second-order valence-electron chi connectivity index (χ2n) is 8.14. The van der Waals surface area contributed by atoms with Gasteiger partial charge in [-0.3, -0.25) is 9.78 Å². The Morgan fingerprint density at radius 3 is 2.71 bits per heavy atom. The van der Waals surface area contributed by atoms with Crippen molar-refractivity contribution < 1.29 is 0 Å². The summed E-state index contributed by atoms with van der Waals surface area (Å²) >= 11 is 18.7. The van der Waals surface area contributed by atoms with Crippen LogP contribution in [0, 0.1) is 0 Å². The lowest BCUT2D eigenvalue weighted by atomic mass is 10.0. The van der Waals surface area contributed by atoms with Gasteiger partial charge in [0.2, 0.25) is 0 Å². The number of halogens is 3. The van der Waals surface area contributed by atoms with E-state index in [9.17, 15) is 4.79 Å². The third kappa shape index (κ3) is 3.93. The van der Waals surface area contributed by atoms with E-state index in [1.54, 1.807) is 39.8 Å². The number of rotatable bonds is 4. The molecule has 0 saturated carbocycles. The maximum atomic E-state index is 13.4. The SMILES string of the molecule is O=c1cc(-c2cc(Cl)ccc2-n2cc(Cl)nn2)cc2n1[C@H](c1nc(-c3ccccn3)c(Cl)[nH]1)CC2.